The molecule has 1 aromatic rings. The second-order valence-corrected chi connectivity index (χ2v) is 5.93. The molecule has 2 heterocycles. The number of carbonyl (C=O) groups excluding carboxylic acids is 2. The van der Waals surface area contributed by atoms with E-state index >= 15 is 0 Å². The summed E-state index contributed by atoms with van der Waals surface area (Å²) in [5.74, 6) is -2.34. The van der Waals surface area contributed by atoms with Crippen molar-refractivity contribution < 1.29 is 54.1 Å². The van der Waals surface area contributed by atoms with Crippen LogP contribution in [-0.2, 0) is 14.3 Å². The quantitative estimate of drug-likeness (QED) is 0.456. The first-order chi connectivity index (χ1) is 11.0. The number of fused-ring (bicyclic) bond motifs is 1. The molecule has 1 saturated heterocycles. The van der Waals surface area contributed by atoms with E-state index < -0.39 is 24.1 Å². The maximum atomic E-state index is 12.2. The summed E-state index contributed by atoms with van der Waals surface area (Å²) in [7, 11) is 1.50. The number of rotatable bonds is 5. The monoisotopic (exact) mass is 339 g/mol. The van der Waals surface area contributed by atoms with Gasteiger partial charge in [-0.2, -0.15) is 0 Å². The Hall–Kier alpha value is -1.18. The van der Waals surface area contributed by atoms with E-state index in [0.29, 0.717) is 12.0 Å². The number of nitrogens with zero attached hydrogens (tertiary/aromatic N) is 1. The zero-order valence-electron chi connectivity index (χ0n) is 13.9. The number of hydrogen-bond acceptors (Lipinski definition) is 5. The van der Waals surface area contributed by atoms with E-state index in [9.17, 15) is 19.8 Å². The second-order valence-electron chi connectivity index (χ2n) is 5.93. The van der Waals surface area contributed by atoms with Crippen LogP contribution in [0.2, 0.25) is 0 Å². The fourth-order valence-corrected chi connectivity index (χ4v) is 3.63. The standard InChI is InChI=1S/C17H19NO5.Na/c1-9(19)13-12-8-11(14(17(21)22)18(12)16(13)20)15(23-2)10-6-4-3-5-7-10;/h3-7,9,12-13,15,19H,8H2,1-2H3,(H,21,22);/q;+1/p-1/t9-,12-,13-,15?;/m1./s1. The number of amides is 1. The van der Waals surface area contributed by atoms with E-state index in [-0.39, 0.29) is 47.2 Å². The van der Waals surface area contributed by atoms with Gasteiger partial charge in [-0.3, -0.25) is 4.79 Å². The normalized spacial score (nSPS) is 24.8. The van der Waals surface area contributed by atoms with Crippen molar-refractivity contribution in [2.75, 3.05) is 7.11 Å². The maximum absolute atomic E-state index is 12.2. The molecular weight excluding hydrogens is 321 g/mol. The Balaban J connectivity index is 0.00000208. The summed E-state index contributed by atoms with van der Waals surface area (Å²) in [5.41, 5.74) is 1.21. The van der Waals surface area contributed by atoms with Crippen LogP contribution < -0.4 is 34.7 Å². The first kappa shape index (κ1) is 19.1. The van der Waals surface area contributed by atoms with Crippen LogP contribution in [0.3, 0.4) is 0 Å². The minimum absolute atomic E-state index is 0. The van der Waals surface area contributed by atoms with Crippen LogP contribution in [0.4, 0.5) is 0 Å². The Morgan fingerprint density at radius 1 is 1.38 bits per heavy atom. The minimum Gasteiger partial charge on any atom is -0.543 e. The van der Waals surface area contributed by atoms with Gasteiger partial charge in [-0.1, -0.05) is 30.3 Å². The third-order valence-electron chi connectivity index (χ3n) is 4.61. The topological polar surface area (TPSA) is 89.9 Å². The third-order valence-corrected chi connectivity index (χ3v) is 4.61. The summed E-state index contributed by atoms with van der Waals surface area (Å²) < 4.78 is 5.51. The molecule has 2 aliphatic heterocycles. The van der Waals surface area contributed by atoms with Crippen molar-refractivity contribution >= 4 is 11.9 Å². The van der Waals surface area contributed by atoms with Crippen molar-refractivity contribution in [2.24, 2.45) is 5.92 Å². The maximum Gasteiger partial charge on any atom is 1.00 e. The molecule has 1 unspecified atom stereocenters. The summed E-state index contributed by atoms with van der Waals surface area (Å²) in [5, 5.41) is 21.3. The van der Waals surface area contributed by atoms with E-state index in [2.05, 4.69) is 0 Å². The molecule has 122 valence electrons. The van der Waals surface area contributed by atoms with Crippen molar-refractivity contribution in [2.45, 2.75) is 31.6 Å². The van der Waals surface area contributed by atoms with Gasteiger partial charge in [-0.05, 0) is 24.5 Å². The molecule has 2 aliphatic rings. The van der Waals surface area contributed by atoms with Gasteiger partial charge in [0.25, 0.3) is 0 Å². The first-order valence-electron chi connectivity index (χ1n) is 7.50. The third kappa shape index (κ3) is 2.93. The van der Waals surface area contributed by atoms with Gasteiger partial charge in [0.05, 0.1) is 29.7 Å². The van der Waals surface area contributed by atoms with Crippen LogP contribution in [0.5, 0.6) is 0 Å². The SMILES string of the molecule is COC(C1=C(C(=O)[O-])N2C(=O)[C@H]([C@@H](C)O)[C@H]2C1)c1ccccc1.[Na+]. The second kappa shape index (κ2) is 7.37. The summed E-state index contributed by atoms with van der Waals surface area (Å²) in [6, 6.07) is 8.89. The first-order valence-corrected chi connectivity index (χ1v) is 7.50. The van der Waals surface area contributed by atoms with Crippen molar-refractivity contribution in [1.82, 2.24) is 4.90 Å². The molecule has 6 nitrogen and oxygen atoms in total. The molecule has 1 aromatic carbocycles. The molecule has 0 aromatic heterocycles. The number of carboxylic acids is 1. The summed E-state index contributed by atoms with van der Waals surface area (Å²) in [4.78, 5) is 25.0. The van der Waals surface area contributed by atoms with E-state index in [1.165, 1.54) is 12.0 Å². The summed E-state index contributed by atoms with van der Waals surface area (Å²) in [6.45, 7) is 1.54. The molecule has 7 heteroatoms. The van der Waals surface area contributed by atoms with E-state index in [1.807, 2.05) is 30.3 Å². The molecule has 24 heavy (non-hydrogen) atoms. The minimum atomic E-state index is -1.39. The van der Waals surface area contributed by atoms with E-state index in [0.717, 1.165) is 5.56 Å². The average molecular weight is 339 g/mol. The number of aliphatic hydroxyl groups is 1. The van der Waals surface area contributed by atoms with Gasteiger partial charge in [-0.15, -0.1) is 0 Å². The number of ether oxygens (including phenoxy) is 1. The predicted octanol–water partition coefficient (Wildman–Crippen LogP) is -3.01. The molecule has 0 radical (unpaired) electrons. The van der Waals surface area contributed by atoms with Crippen molar-refractivity contribution in [3.05, 3.63) is 47.2 Å². The molecule has 4 atom stereocenters. The van der Waals surface area contributed by atoms with Crippen LogP contribution in [-0.4, -0.2) is 41.1 Å². The Bertz CT molecular complexity index is 673. The Kier molecular flexibility index (Phi) is 5.88. The van der Waals surface area contributed by atoms with Crippen LogP contribution in [0.1, 0.15) is 25.0 Å². The van der Waals surface area contributed by atoms with Gasteiger partial charge >= 0.3 is 29.6 Å². The van der Waals surface area contributed by atoms with Crippen molar-refractivity contribution in [3.8, 4) is 0 Å². The fraction of sp³-hybridized carbons (Fsp3) is 0.412. The van der Waals surface area contributed by atoms with Gasteiger partial charge in [0, 0.05) is 7.11 Å². The van der Waals surface area contributed by atoms with Crippen molar-refractivity contribution in [3.63, 3.8) is 0 Å². The molecule has 0 bridgehead atoms. The van der Waals surface area contributed by atoms with Crippen molar-refractivity contribution in [1.29, 1.82) is 0 Å². The van der Waals surface area contributed by atoms with Gasteiger partial charge in [0.2, 0.25) is 5.91 Å². The molecule has 0 spiro atoms. The molecule has 3 rings (SSSR count). The number of hydrogen-bond donors (Lipinski definition) is 1. The van der Waals surface area contributed by atoms with Crippen LogP contribution in [0, 0.1) is 5.92 Å². The smallest absolute Gasteiger partial charge is 0.543 e. The van der Waals surface area contributed by atoms with Gasteiger partial charge in [0.15, 0.2) is 0 Å². The summed E-state index contributed by atoms with van der Waals surface area (Å²) >= 11 is 0. The Morgan fingerprint density at radius 3 is 2.50 bits per heavy atom. The molecule has 0 aliphatic carbocycles. The average Bonchev–Trinajstić information content (AvgIpc) is 2.84. The van der Waals surface area contributed by atoms with E-state index in [4.69, 9.17) is 4.74 Å². The molecular formula is C17H18NNaO5. The number of methoxy groups -OCH3 is 1. The number of β-lactam (4-membered cyclic amide) rings is 1. The number of benzene rings is 1. The largest absolute Gasteiger partial charge is 1.00 e. The molecule has 1 amide bonds. The van der Waals surface area contributed by atoms with E-state index in [1.54, 1.807) is 6.92 Å². The number of carbonyl (C=O) groups is 2. The number of aliphatic carboxylic acids is 1. The predicted molar refractivity (Wildman–Crippen MR) is 78.6 cm³/mol. The Morgan fingerprint density at radius 2 is 2.00 bits per heavy atom. The zero-order valence-corrected chi connectivity index (χ0v) is 15.9. The van der Waals surface area contributed by atoms with Crippen LogP contribution in [0.15, 0.2) is 41.6 Å². The summed E-state index contributed by atoms with van der Waals surface area (Å²) in [6.07, 6.45) is -1.01. The Labute approximate surface area is 162 Å². The zero-order chi connectivity index (χ0) is 16.7. The molecule has 0 saturated carbocycles. The van der Waals surface area contributed by atoms with Gasteiger partial charge < -0.3 is 24.6 Å². The van der Waals surface area contributed by atoms with Gasteiger partial charge in [0.1, 0.15) is 6.10 Å². The molecule has 1 fully saturated rings. The van der Waals surface area contributed by atoms with Crippen LogP contribution in [0.25, 0.3) is 0 Å². The van der Waals surface area contributed by atoms with Gasteiger partial charge in [-0.25, -0.2) is 0 Å². The number of carboxylic acid groups (broad SMARTS) is 1. The fourth-order valence-electron chi connectivity index (χ4n) is 3.63. The number of aliphatic hydroxyl groups excluding tert-OH is 1. The van der Waals surface area contributed by atoms with Crippen LogP contribution >= 0.6 is 0 Å². The molecule has 1 N–H and O–H groups in total.